The average Bonchev–Trinajstić information content (AvgIpc) is 3.02. The Morgan fingerprint density at radius 2 is 2.19 bits per heavy atom. The van der Waals surface area contributed by atoms with Gasteiger partial charge in [0.25, 0.3) is 0 Å². The summed E-state index contributed by atoms with van der Waals surface area (Å²) in [6, 6.07) is 11.1. The number of nitrogens with two attached hydrogens (primary N) is 1. The Morgan fingerprint density at radius 1 is 1.38 bits per heavy atom. The zero-order chi connectivity index (χ0) is 11.0. The van der Waals surface area contributed by atoms with E-state index in [1.165, 1.54) is 34.2 Å². The maximum atomic E-state index is 5.66. The molecule has 0 amide bonds. The van der Waals surface area contributed by atoms with Crippen LogP contribution in [0, 0.1) is 5.92 Å². The molecule has 0 radical (unpaired) electrons. The zero-order valence-electron chi connectivity index (χ0n) is 9.15. The Balaban J connectivity index is 1.90. The minimum absolute atomic E-state index is 0.338. The SMILES string of the molecule is NNC(CC1CC1)c1cc2ccccc2s1. The predicted octanol–water partition coefficient (Wildman–Crippen LogP) is 3.21. The second-order valence-electron chi connectivity index (χ2n) is 4.58. The molecule has 3 N–H and O–H groups in total. The number of thiophene rings is 1. The molecule has 2 aromatic rings. The summed E-state index contributed by atoms with van der Waals surface area (Å²) < 4.78 is 1.36. The number of nitrogens with one attached hydrogen (secondary N) is 1. The van der Waals surface area contributed by atoms with E-state index >= 15 is 0 Å². The summed E-state index contributed by atoms with van der Waals surface area (Å²) in [5.74, 6) is 6.55. The molecule has 0 saturated heterocycles. The highest BCUT2D eigenvalue weighted by Gasteiger charge is 2.26. The van der Waals surface area contributed by atoms with Crippen LogP contribution in [0.25, 0.3) is 10.1 Å². The van der Waals surface area contributed by atoms with E-state index in [0.29, 0.717) is 6.04 Å². The van der Waals surface area contributed by atoms with Crippen molar-refractivity contribution in [1.29, 1.82) is 0 Å². The molecule has 1 aromatic heterocycles. The molecule has 84 valence electrons. The first-order chi connectivity index (χ1) is 7.86. The lowest BCUT2D eigenvalue weighted by Crippen LogP contribution is -2.27. The lowest BCUT2D eigenvalue weighted by molar-refractivity contribution is 0.494. The predicted molar refractivity (Wildman–Crippen MR) is 69.2 cm³/mol. The monoisotopic (exact) mass is 232 g/mol. The van der Waals surface area contributed by atoms with Crippen LogP contribution in [0.5, 0.6) is 0 Å². The van der Waals surface area contributed by atoms with Crippen molar-refractivity contribution in [1.82, 2.24) is 5.43 Å². The molecule has 1 saturated carbocycles. The van der Waals surface area contributed by atoms with Gasteiger partial charge in [0.05, 0.1) is 6.04 Å². The number of rotatable bonds is 4. The Hall–Kier alpha value is -0.900. The Morgan fingerprint density at radius 3 is 2.88 bits per heavy atom. The van der Waals surface area contributed by atoms with Gasteiger partial charge in [-0.05, 0) is 29.9 Å². The molecule has 1 heterocycles. The number of benzene rings is 1. The number of hydrogen-bond acceptors (Lipinski definition) is 3. The van der Waals surface area contributed by atoms with Gasteiger partial charge in [-0.15, -0.1) is 11.3 Å². The maximum Gasteiger partial charge on any atom is 0.0556 e. The molecule has 3 heteroatoms. The van der Waals surface area contributed by atoms with Gasteiger partial charge in [-0.25, -0.2) is 0 Å². The van der Waals surface area contributed by atoms with Crippen molar-refractivity contribution >= 4 is 21.4 Å². The number of fused-ring (bicyclic) bond motifs is 1. The molecule has 2 nitrogen and oxygen atoms in total. The van der Waals surface area contributed by atoms with Gasteiger partial charge < -0.3 is 0 Å². The van der Waals surface area contributed by atoms with Crippen LogP contribution in [0.4, 0.5) is 0 Å². The third-order valence-electron chi connectivity index (χ3n) is 3.26. The normalized spacial score (nSPS) is 17.8. The summed E-state index contributed by atoms with van der Waals surface area (Å²) in [7, 11) is 0. The molecule has 0 spiro atoms. The number of hydrazine groups is 1. The summed E-state index contributed by atoms with van der Waals surface area (Å²) in [6.07, 6.45) is 3.94. The van der Waals surface area contributed by atoms with Gasteiger partial charge in [0, 0.05) is 9.58 Å². The van der Waals surface area contributed by atoms with Gasteiger partial charge in [-0.2, -0.15) is 0 Å². The standard InChI is InChI=1S/C13H16N2S/c14-15-11(7-9-5-6-9)13-8-10-3-1-2-4-12(10)16-13/h1-4,8-9,11,15H,5-7,14H2. The van der Waals surface area contributed by atoms with Crippen LogP contribution < -0.4 is 11.3 Å². The molecule has 1 aliphatic carbocycles. The van der Waals surface area contributed by atoms with E-state index < -0.39 is 0 Å². The highest BCUT2D eigenvalue weighted by atomic mass is 32.1. The van der Waals surface area contributed by atoms with Crippen LogP contribution in [-0.2, 0) is 0 Å². The highest BCUT2D eigenvalue weighted by molar-refractivity contribution is 7.19. The van der Waals surface area contributed by atoms with Crippen molar-refractivity contribution in [3.63, 3.8) is 0 Å². The minimum atomic E-state index is 0.338. The van der Waals surface area contributed by atoms with Crippen LogP contribution in [0.15, 0.2) is 30.3 Å². The first kappa shape index (κ1) is 10.3. The second kappa shape index (κ2) is 4.17. The molecule has 1 aliphatic rings. The summed E-state index contributed by atoms with van der Waals surface area (Å²) in [4.78, 5) is 1.37. The van der Waals surface area contributed by atoms with Gasteiger partial charge in [0.1, 0.15) is 0 Å². The van der Waals surface area contributed by atoms with Crippen molar-refractivity contribution < 1.29 is 0 Å². The smallest absolute Gasteiger partial charge is 0.0556 e. The molecular weight excluding hydrogens is 216 g/mol. The third kappa shape index (κ3) is 1.98. The summed E-state index contributed by atoms with van der Waals surface area (Å²) in [5, 5.41) is 1.33. The van der Waals surface area contributed by atoms with E-state index in [1.807, 2.05) is 11.3 Å². The lowest BCUT2D eigenvalue weighted by Gasteiger charge is -2.12. The van der Waals surface area contributed by atoms with Crippen LogP contribution in [0.1, 0.15) is 30.2 Å². The van der Waals surface area contributed by atoms with E-state index in [4.69, 9.17) is 5.84 Å². The Kier molecular flexibility index (Phi) is 2.67. The molecule has 0 aliphatic heterocycles. The van der Waals surface area contributed by atoms with E-state index in [2.05, 4.69) is 35.8 Å². The largest absolute Gasteiger partial charge is 0.271 e. The second-order valence-corrected chi connectivity index (χ2v) is 5.70. The zero-order valence-corrected chi connectivity index (χ0v) is 9.96. The molecular formula is C13H16N2S. The van der Waals surface area contributed by atoms with Crippen molar-refractivity contribution in [2.24, 2.45) is 11.8 Å². The average molecular weight is 232 g/mol. The highest BCUT2D eigenvalue weighted by Crippen LogP contribution is 2.39. The van der Waals surface area contributed by atoms with Crippen molar-refractivity contribution in [2.45, 2.75) is 25.3 Å². The lowest BCUT2D eigenvalue weighted by atomic mass is 10.1. The molecule has 16 heavy (non-hydrogen) atoms. The Labute approximate surface area is 99.4 Å². The van der Waals surface area contributed by atoms with Crippen molar-refractivity contribution in [2.75, 3.05) is 0 Å². The summed E-state index contributed by atoms with van der Waals surface area (Å²) >= 11 is 1.86. The van der Waals surface area contributed by atoms with Crippen LogP contribution in [0.2, 0.25) is 0 Å². The fourth-order valence-electron chi connectivity index (χ4n) is 2.13. The van der Waals surface area contributed by atoms with Gasteiger partial charge in [0.2, 0.25) is 0 Å². The summed E-state index contributed by atoms with van der Waals surface area (Å²) in [5.41, 5.74) is 2.96. The van der Waals surface area contributed by atoms with Crippen molar-refractivity contribution in [3.05, 3.63) is 35.2 Å². The van der Waals surface area contributed by atoms with E-state index in [0.717, 1.165) is 5.92 Å². The Bertz CT molecular complexity index is 454. The topological polar surface area (TPSA) is 38.0 Å². The van der Waals surface area contributed by atoms with Gasteiger partial charge in [-0.1, -0.05) is 31.0 Å². The fourth-order valence-corrected chi connectivity index (χ4v) is 3.27. The van der Waals surface area contributed by atoms with Gasteiger partial charge >= 0.3 is 0 Å². The molecule has 1 fully saturated rings. The minimum Gasteiger partial charge on any atom is -0.271 e. The fraction of sp³-hybridized carbons (Fsp3) is 0.385. The molecule has 1 atom stereocenters. The quantitative estimate of drug-likeness (QED) is 0.627. The van der Waals surface area contributed by atoms with E-state index in [-0.39, 0.29) is 0 Å². The van der Waals surface area contributed by atoms with Crippen LogP contribution in [-0.4, -0.2) is 0 Å². The molecule has 3 rings (SSSR count). The molecule has 0 bridgehead atoms. The van der Waals surface area contributed by atoms with Gasteiger partial charge in [-0.3, -0.25) is 11.3 Å². The maximum absolute atomic E-state index is 5.66. The molecule has 1 unspecified atom stereocenters. The number of hydrogen-bond donors (Lipinski definition) is 2. The van der Waals surface area contributed by atoms with E-state index in [1.54, 1.807) is 0 Å². The van der Waals surface area contributed by atoms with Crippen LogP contribution in [0.3, 0.4) is 0 Å². The van der Waals surface area contributed by atoms with Crippen molar-refractivity contribution in [3.8, 4) is 0 Å². The summed E-state index contributed by atoms with van der Waals surface area (Å²) in [6.45, 7) is 0. The first-order valence-corrected chi connectivity index (χ1v) is 6.63. The van der Waals surface area contributed by atoms with E-state index in [9.17, 15) is 0 Å². The molecule has 1 aromatic carbocycles. The third-order valence-corrected chi connectivity index (χ3v) is 4.48. The van der Waals surface area contributed by atoms with Gasteiger partial charge in [0.15, 0.2) is 0 Å². The van der Waals surface area contributed by atoms with Crippen LogP contribution >= 0.6 is 11.3 Å². The first-order valence-electron chi connectivity index (χ1n) is 5.81.